The molecule has 0 aliphatic heterocycles. The number of nitrogens with zero attached hydrogens (tertiary/aromatic N) is 2. The highest BCUT2D eigenvalue weighted by Crippen LogP contribution is 2.56. The lowest BCUT2D eigenvalue weighted by molar-refractivity contribution is 0.660. The predicted molar refractivity (Wildman–Crippen MR) is 236 cm³/mol. The van der Waals surface area contributed by atoms with Crippen LogP contribution < -0.4 is 4.90 Å². The lowest BCUT2D eigenvalue weighted by atomic mass is 9.82. The maximum atomic E-state index is 2.50. The Balaban J connectivity index is 1.12. The van der Waals surface area contributed by atoms with E-state index in [9.17, 15) is 0 Å². The van der Waals surface area contributed by atoms with E-state index in [2.05, 4.69) is 219 Å². The van der Waals surface area contributed by atoms with E-state index in [1.165, 1.54) is 88.8 Å². The first-order chi connectivity index (χ1) is 27.3. The number of benzene rings is 8. The molecule has 2 heteroatoms. The van der Waals surface area contributed by atoms with Crippen molar-refractivity contribution in [1.29, 1.82) is 0 Å². The third kappa shape index (κ3) is 4.56. The summed E-state index contributed by atoms with van der Waals surface area (Å²) in [6.45, 7) is 9.47. The predicted octanol–water partition coefficient (Wildman–Crippen LogP) is 14.5. The van der Waals surface area contributed by atoms with Gasteiger partial charge in [0.2, 0.25) is 0 Å². The normalized spacial score (nSPS) is 14.4. The molecule has 11 rings (SSSR count). The zero-order valence-corrected chi connectivity index (χ0v) is 32.2. The average molecular weight is 719 g/mol. The molecule has 2 aliphatic rings. The van der Waals surface area contributed by atoms with Crippen molar-refractivity contribution in [3.05, 3.63) is 204 Å². The molecule has 9 aromatic rings. The van der Waals surface area contributed by atoms with Gasteiger partial charge in [0.15, 0.2) is 0 Å². The lowest BCUT2D eigenvalue weighted by Gasteiger charge is -2.30. The quantitative estimate of drug-likeness (QED) is 0.172. The first-order valence-electron chi connectivity index (χ1n) is 19.8. The van der Waals surface area contributed by atoms with Crippen molar-refractivity contribution in [2.75, 3.05) is 4.90 Å². The molecule has 2 aliphatic carbocycles. The fourth-order valence-corrected chi connectivity index (χ4v) is 10.1. The van der Waals surface area contributed by atoms with Gasteiger partial charge in [-0.25, -0.2) is 0 Å². The van der Waals surface area contributed by atoms with Gasteiger partial charge in [0.25, 0.3) is 0 Å². The highest BCUT2D eigenvalue weighted by molar-refractivity contribution is 6.14. The molecule has 0 saturated carbocycles. The monoisotopic (exact) mass is 718 g/mol. The van der Waals surface area contributed by atoms with Crippen LogP contribution in [0.25, 0.3) is 60.9 Å². The molecule has 0 saturated heterocycles. The molecule has 0 unspecified atom stereocenters. The summed E-state index contributed by atoms with van der Waals surface area (Å²) in [6, 6.07) is 67.5. The molecule has 0 radical (unpaired) electrons. The van der Waals surface area contributed by atoms with Crippen LogP contribution in [-0.4, -0.2) is 4.57 Å². The summed E-state index contributed by atoms with van der Waals surface area (Å²) >= 11 is 0. The van der Waals surface area contributed by atoms with Crippen molar-refractivity contribution >= 4 is 38.9 Å². The molecular formula is C54H42N2. The van der Waals surface area contributed by atoms with Gasteiger partial charge in [-0.3, -0.25) is 0 Å². The Hall–Kier alpha value is -6.64. The fourth-order valence-electron chi connectivity index (χ4n) is 10.1. The van der Waals surface area contributed by atoms with Gasteiger partial charge in [-0.1, -0.05) is 161 Å². The molecule has 0 fully saturated rings. The molecule has 1 aromatic heterocycles. The molecule has 0 bridgehead atoms. The van der Waals surface area contributed by atoms with Gasteiger partial charge in [0, 0.05) is 49.8 Å². The summed E-state index contributed by atoms with van der Waals surface area (Å²) in [6.07, 6.45) is 0. The summed E-state index contributed by atoms with van der Waals surface area (Å²) in [5, 5.41) is 2.52. The standard InChI is InChI=1S/C54H42N2/c1-53(2)46-24-12-9-20-44(46)51-47(53)25-15-27-50(51)55(38-32-33-41-40-18-8-11-23-45(40)54(3,4)48(41)34-38)37-30-28-35(29-31-37)39-21-14-22-43-42-19-10-13-26-49(42)56(52(39)43)36-16-6-5-7-17-36/h5-34H,1-4H3. The molecule has 2 nitrogen and oxygen atoms in total. The molecule has 268 valence electrons. The van der Waals surface area contributed by atoms with Crippen LogP contribution in [0.15, 0.2) is 182 Å². The van der Waals surface area contributed by atoms with E-state index in [1.54, 1.807) is 0 Å². The minimum Gasteiger partial charge on any atom is -0.310 e. The van der Waals surface area contributed by atoms with E-state index in [-0.39, 0.29) is 10.8 Å². The molecule has 1 heterocycles. The van der Waals surface area contributed by atoms with Crippen LogP contribution in [0.4, 0.5) is 17.1 Å². The van der Waals surface area contributed by atoms with E-state index in [0.29, 0.717) is 0 Å². The van der Waals surface area contributed by atoms with Crippen molar-refractivity contribution in [3.63, 3.8) is 0 Å². The first-order valence-corrected chi connectivity index (χ1v) is 19.8. The van der Waals surface area contributed by atoms with E-state index in [0.717, 1.165) is 11.4 Å². The number of rotatable bonds is 5. The van der Waals surface area contributed by atoms with Gasteiger partial charge in [-0.2, -0.15) is 0 Å². The van der Waals surface area contributed by atoms with Crippen molar-refractivity contribution in [1.82, 2.24) is 4.57 Å². The molecule has 0 atom stereocenters. The highest BCUT2D eigenvalue weighted by Gasteiger charge is 2.39. The molecule has 8 aromatic carbocycles. The number of anilines is 3. The van der Waals surface area contributed by atoms with Gasteiger partial charge in [0.1, 0.15) is 0 Å². The third-order valence-electron chi connectivity index (χ3n) is 12.8. The zero-order valence-electron chi connectivity index (χ0n) is 32.2. The van der Waals surface area contributed by atoms with E-state index in [1.807, 2.05) is 0 Å². The second kappa shape index (κ2) is 11.9. The Morgan fingerprint density at radius 3 is 1.79 bits per heavy atom. The Bertz CT molecular complexity index is 3020. The first kappa shape index (κ1) is 32.8. The second-order valence-electron chi connectivity index (χ2n) is 16.5. The molecule has 56 heavy (non-hydrogen) atoms. The van der Waals surface area contributed by atoms with Gasteiger partial charge in [-0.05, 0) is 93.0 Å². The highest BCUT2D eigenvalue weighted by atomic mass is 15.1. The number of para-hydroxylation sites is 3. The SMILES string of the molecule is CC1(C)c2ccccc2-c2ccc(N(c3ccc(-c4cccc5c6ccccc6n(-c6ccccc6)c45)cc3)c3cccc4c3-c3ccccc3C4(C)C)cc21. The number of aromatic nitrogens is 1. The van der Waals surface area contributed by atoms with E-state index >= 15 is 0 Å². The van der Waals surface area contributed by atoms with Gasteiger partial charge in [-0.15, -0.1) is 0 Å². The largest absolute Gasteiger partial charge is 0.310 e. The Morgan fingerprint density at radius 1 is 0.411 bits per heavy atom. The Morgan fingerprint density at radius 2 is 0.982 bits per heavy atom. The van der Waals surface area contributed by atoms with Crippen LogP contribution >= 0.6 is 0 Å². The van der Waals surface area contributed by atoms with Gasteiger partial charge < -0.3 is 9.47 Å². The zero-order chi connectivity index (χ0) is 37.8. The minimum atomic E-state index is -0.111. The topological polar surface area (TPSA) is 8.17 Å². The molecule has 0 amide bonds. The molecule has 0 spiro atoms. The summed E-state index contributed by atoms with van der Waals surface area (Å²) in [5.41, 5.74) is 20.1. The Kier molecular flexibility index (Phi) is 6.98. The summed E-state index contributed by atoms with van der Waals surface area (Å²) in [7, 11) is 0. The van der Waals surface area contributed by atoms with Crippen molar-refractivity contribution in [3.8, 4) is 39.1 Å². The second-order valence-corrected chi connectivity index (χ2v) is 16.5. The lowest BCUT2D eigenvalue weighted by Crippen LogP contribution is -2.17. The summed E-state index contributed by atoms with van der Waals surface area (Å²) in [4.78, 5) is 2.50. The maximum absolute atomic E-state index is 2.50. The van der Waals surface area contributed by atoms with Crippen LogP contribution in [-0.2, 0) is 10.8 Å². The van der Waals surface area contributed by atoms with Crippen LogP contribution in [0.1, 0.15) is 49.9 Å². The minimum absolute atomic E-state index is 0.102. The number of hydrogen-bond donors (Lipinski definition) is 0. The smallest absolute Gasteiger partial charge is 0.0619 e. The third-order valence-corrected chi connectivity index (χ3v) is 12.8. The average Bonchev–Trinajstić information content (AvgIpc) is 3.79. The van der Waals surface area contributed by atoms with Crippen molar-refractivity contribution < 1.29 is 0 Å². The Labute approximate surface area is 328 Å². The van der Waals surface area contributed by atoms with Crippen LogP contribution in [0.3, 0.4) is 0 Å². The van der Waals surface area contributed by atoms with Crippen molar-refractivity contribution in [2.45, 2.75) is 38.5 Å². The van der Waals surface area contributed by atoms with Crippen LogP contribution in [0.2, 0.25) is 0 Å². The maximum Gasteiger partial charge on any atom is 0.0619 e. The van der Waals surface area contributed by atoms with Gasteiger partial charge >= 0.3 is 0 Å². The fraction of sp³-hybridized carbons (Fsp3) is 0.111. The molecule has 0 N–H and O–H groups in total. The van der Waals surface area contributed by atoms with Crippen LogP contribution in [0.5, 0.6) is 0 Å². The number of fused-ring (bicyclic) bond motifs is 9. The van der Waals surface area contributed by atoms with Gasteiger partial charge in [0.05, 0.1) is 16.7 Å². The van der Waals surface area contributed by atoms with E-state index < -0.39 is 0 Å². The summed E-state index contributed by atoms with van der Waals surface area (Å²) < 4.78 is 2.43. The summed E-state index contributed by atoms with van der Waals surface area (Å²) in [5.74, 6) is 0. The number of hydrogen-bond acceptors (Lipinski definition) is 1. The molecular weight excluding hydrogens is 677 g/mol. The van der Waals surface area contributed by atoms with Crippen LogP contribution in [0, 0.1) is 0 Å². The van der Waals surface area contributed by atoms with E-state index in [4.69, 9.17) is 0 Å². The van der Waals surface area contributed by atoms with Crippen molar-refractivity contribution in [2.24, 2.45) is 0 Å².